The van der Waals surface area contributed by atoms with E-state index in [-0.39, 0.29) is 11.5 Å². The highest BCUT2D eigenvalue weighted by atomic mass is 19.4. The van der Waals surface area contributed by atoms with Crippen molar-refractivity contribution in [3.05, 3.63) is 72.3 Å². The maximum absolute atomic E-state index is 14.4. The number of halogens is 4. The van der Waals surface area contributed by atoms with E-state index in [0.717, 1.165) is 6.07 Å². The van der Waals surface area contributed by atoms with Gasteiger partial charge in [-0.05, 0) is 31.0 Å². The molecule has 2 heterocycles. The van der Waals surface area contributed by atoms with Gasteiger partial charge >= 0.3 is 6.36 Å². The van der Waals surface area contributed by atoms with Crippen molar-refractivity contribution in [3.8, 4) is 16.9 Å². The fourth-order valence-corrected chi connectivity index (χ4v) is 3.46. The van der Waals surface area contributed by atoms with Gasteiger partial charge in [-0.3, -0.25) is 15.0 Å². The van der Waals surface area contributed by atoms with Crippen molar-refractivity contribution in [2.24, 2.45) is 5.92 Å². The summed E-state index contributed by atoms with van der Waals surface area (Å²) in [5, 5.41) is 0. The van der Waals surface area contributed by atoms with Crippen molar-refractivity contribution < 1.29 is 27.0 Å². The van der Waals surface area contributed by atoms with Crippen LogP contribution in [0.1, 0.15) is 32.2 Å². The Hall–Kier alpha value is -3.07. The molecular weight excluding hydrogens is 414 g/mol. The Morgan fingerprint density at radius 1 is 0.968 bits per heavy atom. The molecule has 0 aliphatic carbocycles. The molecule has 31 heavy (non-hydrogen) atoms. The zero-order chi connectivity index (χ0) is 22.6. The van der Waals surface area contributed by atoms with Crippen LogP contribution in [0.25, 0.3) is 11.1 Å². The van der Waals surface area contributed by atoms with Crippen molar-refractivity contribution >= 4 is 0 Å². The molecule has 1 unspecified atom stereocenters. The molecule has 0 aliphatic rings. The number of ether oxygens (including phenoxy) is 2. The smallest absolute Gasteiger partial charge is 0.406 e. The van der Waals surface area contributed by atoms with Crippen LogP contribution in [-0.4, -0.2) is 27.9 Å². The maximum atomic E-state index is 14.4. The fourth-order valence-electron chi connectivity index (χ4n) is 3.46. The van der Waals surface area contributed by atoms with E-state index in [1.165, 1.54) is 12.3 Å². The van der Waals surface area contributed by atoms with Crippen molar-refractivity contribution in [3.63, 3.8) is 0 Å². The normalized spacial score (nSPS) is 13.8. The molecule has 0 N–H and O–H groups in total. The molecule has 5 nitrogen and oxygen atoms in total. The number of benzene rings is 1. The van der Waals surface area contributed by atoms with Crippen molar-refractivity contribution in [1.82, 2.24) is 15.0 Å². The van der Waals surface area contributed by atoms with Crippen LogP contribution in [-0.2, 0) is 10.3 Å². The Morgan fingerprint density at radius 2 is 1.74 bits per heavy atom. The van der Waals surface area contributed by atoms with Crippen LogP contribution in [0.15, 0.2) is 55.1 Å². The standard InChI is InChI=1S/C22H21F4N3O2/c1-4-30-21(14(2)3,20-13-27-9-10-28-20)19-8-5-15(12-29-19)17-7-6-16(11-18(17)23)31-22(24,25)26/h5-14H,4H2,1-3H3. The van der Waals surface area contributed by atoms with Gasteiger partial charge in [0.25, 0.3) is 0 Å². The Bertz CT molecular complexity index is 1010. The molecule has 3 aromatic rings. The average Bonchev–Trinajstić information content (AvgIpc) is 2.72. The maximum Gasteiger partial charge on any atom is 0.573 e. The lowest BCUT2D eigenvalue weighted by Gasteiger charge is -2.36. The van der Waals surface area contributed by atoms with Crippen LogP contribution in [0.4, 0.5) is 17.6 Å². The first-order valence-corrected chi connectivity index (χ1v) is 9.60. The van der Waals surface area contributed by atoms with E-state index in [1.807, 2.05) is 20.8 Å². The average molecular weight is 435 g/mol. The van der Waals surface area contributed by atoms with E-state index in [9.17, 15) is 17.6 Å². The predicted octanol–water partition coefficient (Wildman–Crippen LogP) is 5.51. The summed E-state index contributed by atoms with van der Waals surface area (Å²) in [7, 11) is 0. The van der Waals surface area contributed by atoms with E-state index in [1.54, 1.807) is 30.7 Å². The zero-order valence-corrected chi connectivity index (χ0v) is 17.2. The number of aromatic nitrogens is 3. The van der Waals surface area contributed by atoms with Crippen LogP contribution < -0.4 is 4.74 Å². The van der Waals surface area contributed by atoms with Crippen LogP contribution >= 0.6 is 0 Å². The van der Waals surface area contributed by atoms with Gasteiger partial charge in [-0.25, -0.2) is 4.39 Å². The Kier molecular flexibility index (Phi) is 6.54. The molecular formula is C22H21F4N3O2. The van der Waals surface area contributed by atoms with Gasteiger partial charge in [0.15, 0.2) is 5.60 Å². The molecule has 164 valence electrons. The molecule has 3 rings (SSSR count). The zero-order valence-electron chi connectivity index (χ0n) is 17.2. The Morgan fingerprint density at radius 3 is 2.26 bits per heavy atom. The van der Waals surface area contributed by atoms with Gasteiger partial charge in [0.2, 0.25) is 0 Å². The highest BCUT2D eigenvalue weighted by Crippen LogP contribution is 2.39. The number of hydrogen-bond acceptors (Lipinski definition) is 5. The SMILES string of the molecule is CCOC(c1ccc(-c2ccc(OC(F)(F)F)cc2F)cn1)(c1cnccn1)C(C)C. The Labute approximate surface area is 177 Å². The van der Waals surface area contributed by atoms with E-state index < -0.39 is 23.5 Å². The van der Waals surface area contributed by atoms with Crippen molar-refractivity contribution in [2.45, 2.75) is 32.7 Å². The quantitative estimate of drug-likeness (QED) is 0.458. The second-order valence-corrected chi connectivity index (χ2v) is 7.04. The monoisotopic (exact) mass is 435 g/mol. The van der Waals surface area contributed by atoms with Crippen molar-refractivity contribution in [1.29, 1.82) is 0 Å². The molecule has 0 saturated carbocycles. The summed E-state index contributed by atoms with van der Waals surface area (Å²) in [5.41, 5.74) is 0.676. The Balaban J connectivity index is 1.99. The first-order chi connectivity index (χ1) is 14.7. The first kappa shape index (κ1) is 22.6. The second-order valence-electron chi connectivity index (χ2n) is 7.04. The van der Waals surface area contributed by atoms with Gasteiger partial charge in [-0.2, -0.15) is 0 Å². The van der Waals surface area contributed by atoms with Gasteiger partial charge in [-0.15, -0.1) is 13.2 Å². The lowest BCUT2D eigenvalue weighted by Crippen LogP contribution is -2.39. The third kappa shape index (κ3) is 4.82. The van der Waals surface area contributed by atoms with Gasteiger partial charge in [-0.1, -0.05) is 19.9 Å². The minimum Gasteiger partial charge on any atom is -0.406 e. The molecule has 0 bridgehead atoms. The lowest BCUT2D eigenvalue weighted by atomic mass is 9.83. The summed E-state index contributed by atoms with van der Waals surface area (Å²) in [6.07, 6.45) is 1.30. The number of alkyl halides is 3. The fraction of sp³-hybridized carbons (Fsp3) is 0.318. The summed E-state index contributed by atoms with van der Waals surface area (Å²) in [6, 6.07) is 6.29. The minimum absolute atomic E-state index is 0.0574. The van der Waals surface area contributed by atoms with Crippen molar-refractivity contribution in [2.75, 3.05) is 6.61 Å². The summed E-state index contributed by atoms with van der Waals surface area (Å²) < 4.78 is 61.4. The molecule has 1 atom stereocenters. The number of pyridine rings is 1. The van der Waals surface area contributed by atoms with E-state index >= 15 is 0 Å². The molecule has 1 aromatic carbocycles. The van der Waals surface area contributed by atoms with E-state index in [0.29, 0.717) is 29.6 Å². The summed E-state index contributed by atoms with van der Waals surface area (Å²) in [6.45, 7) is 6.20. The minimum atomic E-state index is -4.89. The predicted molar refractivity (Wildman–Crippen MR) is 106 cm³/mol. The van der Waals surface area contributed by atoms with Crippen LogP contribution in [0.3, 0.4) is 0 Å². The van der Waals surface area contributed by atoms with Gasteiger partial charge in [0.05, 0.1) is 17.6 Å². The number of rotatable bonds is 7. The summed E-state index contributed by atoms with van der Waals surface area (Å²) >= 11 is 0. The highest BCUT2D eigenvalue weighted by Gasteiger charge is 2.41. The van der Waals surface area contributed by atoms with Gasteiger partial charge in [0.1, 0.15) is 11.6 Å². The summed E-state index contributed by atoms with van der Waals surface area (Å²) in [4.78, 5) is 13.0. The van der Waals surface area contributed by atoms with Crippen LogP contribution in [0, 0.1) is 11.7 Å². The second kappa shape index (κ2) is 8.97. The summed E-state index contributed by atoms with van der Waals surface area (Å²) in [5.74, 6) is -1.54. The van der Waals surface area contributed by atoms with E-state index in [4.69, 9.17) is 4.74 Å². The molecule has 2 aromatic heterocycles. The third-order valence-corrected chi connectivity index (χ3v) is 4.76. The molecule has 0 fully saturated rings. The molecule has 0 radical (unpaired) electrons. The molecule has 0 saturated heterocycles. The number of hydrogen-bond donors (Lipinski definition) is 0. The third-order valence-electron chi connectivity index (χ3n) is 4.76. The molecule has 0 amide bonds. The van der Waals surface area contributed by atoms with Crippen LogP contribution in [0.5, 0.6) is 5.75 Å². The molecule has 0 spiro atoms. The van der Waals surface area contributed by atoms with Gasteiger partial charge in [0, 0.05) is 42.4 Å². The van der Waals surface area contributed by atoms with Gasteiger partial charge < -0.3 is 9.47 Å². The topological polar surface area (TPSA) is 57.1 Å². The first-order valence-electron chi connectivity index (χ1n) is 9.60. The molecule has 0 aliphatic heterocycles. The molecule has 9 heteroatoms. The highest BCUT2D eigenvalue weighted by molar-refractivity contribution is 5.64. The lowest BCUT2D eigenvalue weighted by molar-refractivity contribution is -0.274. The largest absolute Gasteiger partial charge is 0.573 e. The van der Waals surface area contributed by atoms with Crippen LogP contribution in [0.2, 0.25) is 0 Å². The van der Waals surface area contributed by atoms with E-state index in [2.05, 4.69) is 19.7 Å². The number of nitrogens with zero attached hydrogens (tertiary/aromatic N) is 3.